The molecule has 1 aromatic rings. The zero-order valence-electron chi connectivity index (χ0n) is 15.8. The van der Waals surface area contributed by atoms with Crippen molar-refractivity contribution in [2.75, 3.05) is 25.4 Å². The first-order valence-corrected chi connectivity index (χ1v) is 10.9. The Hall–Kier alpha value is -1.49. The molecule has 26 heavy (non-hydrogen) atoms. The second kappa shape index (κ2) is 8.94. The predicted octanol–water partition coefficient (Wildman–Crippen LogP) is 4.16. The molecule has 3 rings (SSSR count). The Morgan fingerprint density at radius 2 is 1.77 bits per heavy atom. The highest BCUT2D eigenvalue weighted by Gasteiger charge is 2.46. The summed E-state index contributed by atoms with van der Waals surface area (Å²) >= 11 is 1.90. The van der Waals surface area contributed by atoms with E-state index in [1.165, 1.54) is 12.8 Å². The largest absolute Gasteiger partial charge is 0.342 e. The lowest BCUT2D eigenvalue weighted by Gasteiger charge is -2.44. The van der Waals surface area contributed by atoms with Gasteiger partial charge in [-0.25, -0.2) is 0 Å². The highest BCUT2D eigenvalue weighted by Crippen LogP contribution is 2.44. The van der Waals surface area contributed by atoms with Gasteiger partial charge in [-0.2, -0.15) is 0 Å². The molecule has 142 valence electrons. The van der Waals surface area contributed by atoms with Gasteiger partial charge in [-0.15, -0.1) is 11.8 Å². The van der Waals surface area contributed by atoms with Crippen LogP contribution in [-0.2, 0) is 4.79 Å². The number of piperidine rings is 1. The van der Waals surface area contributed by atoms with Crippen molar-refractivity contribution in [3.8, 4) is 0 Å². The van der Waals surface area contributed by atoms with E-state index in [1.54, 1.807) is 0 Å². The lowest BCUT2D eigenvalue weighted by atomic mass is 10.00. The summed E-state index contributed by atoms with van der Waals surface area (Å²) in [5.41, 5.74) is 0.767. The summed E-state index contributed by atoms with van der Waals surface area (Å²) in [6, 6.07) is 9.57. The summed E-state index contributed by atoms with van der Waals surface area (Å²) < 4.78 is 0. The lowest BCUT2D eigenvalue weighted by Crippen LogP contribution is -2.53. The van der Waals surface area contributed by atoms with Gasteiger partial charge in [0, 0.05) is 37.4 Å². The zero-order chi connectivity index (χ0) is 18.4. The monoisotopic (exact) mass is 374 g/mol. The minimum atomic E-state index is -0.119. The van der Waals surface area contributed by atoms with Crippen LogP contribution in [0.2, 0.25) is 0 Å². The maximum absolute atomic E-state index is 13.0. The van der Waals surface area contributed by atoms with Crippen molar-refractivity contribution in [2.24, 2.45) is 0 Å². The Labute approximate surface area is 161 Å². The highest BCUT2D eigenvalue weighted by molar-refractivity contribution is 8.00. The minimum Gasteiger partial charge on any atom is -0.342 e. The number of rotatable bonds is 6. The Morgan fingerprint density at radius 3 is 2.46 bits per heavy atom. The van der Waals surface area contributed by atoms with Crippen molar-refractivity contribution in [2.45, 2.75) is 56.7 Å². The third-order valence-electron chi connectivity index (χ3n) is 5.59. The first-order valence-electron chi connectivity index (χ1n) is 9.95. The number of carbonyl (C=O) groups excluding carboxylic acids is 2. The van der Waals surface area contributed by atoms with Gasteiger partial charge in [0.2, 0.25) is 5.91 Å². The molecular formula is C21H30N2O2S. The van der Waals surface area contributed by atoms with Crippen LogP contribution < -0.4 is 0 Å². The number of amides is 2. The van der Waals surface area contributed by atoms with Crippen molar-refractivity contribution in [1.82, 2.24) is 9.80 Å². The maximum Gasteiger partial charge on any atom is 0.254 e. The fourth-order valence-corrected chi connectivity index (χ4v) is 5.47. The molecule has 0 N–H and O–H groups in total. The van der Waals surface area contributed by atoms with Crippen LogP contribution in [0.15, 0.2) is 30.3 Å². The second-order valence-electron chi connectivity index (χ2n) is 7.31. The van der Waals surface area contributed by atoms with Gasteiger partial charge in [-0.3, -0.25) is 9.59 Å². The van der Waals surface area contributed by atoms with Crippen molar-refractivity contribution in [3.63, 3.8) is 0 Å². The normalized spacial score (nSPS) is 19.1. The number of thioether (sulfide) groups is 1. The summed E-state index contributed by atoms with van der Waals surface area (Å²) in [5, 5.41) is 0. The van der Waals surface area contributed by atoms with Gasteiger partial charge in [0.15, 0.2) is 0 Å². The van der Waals surface area contributed by atoms with E-state index in [2.05, 4.69) is 11.8 Å². The molecule has 2 aliphatic heterocycles. The summed E-state index contributed by atoms with van der Waals surface area (Å²) in [6.07, 6.45) is 7.00. The molecule has 0 unspecified atom stereocenters. The molecular weight excluding hydrogens is 344 g/mol. The van der Waals surface area contributed by atoms with Crippen molar-refractivity contribution in [1.29, 1.82) is 0 Å². The van der Waals surface area contributed by atoms with E-state index in [4.69, 9.17) is 0 Å². The van der Waals surface area contributed by atoms with Gasteiger partial charge in [0.1, 0.15) is 0 Å². The average molecular weight is 375 g/mol. The summed E-state index contributed by atoms with van der Waals surface area (Å²) in [6.45, 7) is 4.55. The Balaban J connectivity index is 1.57. The fourth-order valence-electron chi connectivity index (χ4n) is 4.01. The topological polar surface area (TPSA) is 40.6 Å². The smallest absolute Gasteiger partial charge is 0.254 e. The molecule has 0 saturated carbocycles. The number of carbonyl (C=O) groups is 2. The van der Waals surface area contributed by atoms with Crippen LogP contribution in [0.5, 0.6) is 0 Å². The van der Waals surface area contributed by atoms with Crippen LogP contribution >= 0.6 is 11.8 Å². The number of nitrogens with zero attached hydrogens (tertiary/aromatic N) is 2. The molecule has 2 fully saturated rings. The minimum absolute atomic E-state index is 0.119. The summed E-state index contributed by atoms with van der Waals surface area (Å²) in [7, 11) is 0. The van der Waals surface area contributed by atoms with Gasteiger partial charge in [-0.05, 0) is 31.4 Å². The summed E-state index contributed by atoms with van der Waals surface area (Å²) in [4.78, 5) is 29.4. The van der Waals surface area contributed by atoms with Gasteiger partial charge < -0.3 is 9.80 Å². The van der Waals surface area contributed by atoms with Gasteiger partial charge >= 0.3 is 0 Å². The van der Waals surface area contributed by atoms with E-state index in [-0.39, 0.29) is 10.8 Å². The Kier molecular flexibility index (Phi) is 6.63. The number of likely N-dealkylation sites (tertiary alicyclic amines) is 1. The van der Waals surface area contributed by atoms with Crippen LogP contribution in [-0.4, -0.2) is 51.9 Å². The highest BCUT2D eigenvalue weighted by atomic mass is 32.2. The van der Waals surface area contributed by atoms with Crippen molar-refractivity contribution < 1.29 is 9.59 Å². The molecule has 2 amide bonds. The number of hydrogen-bond donors (Lipinski definition) is 0. The molecule has 2 saturated heterocycles. The third kappa shape index (κ3) is 4.25. The predicted molar refractivity (Wildman–Crippen MR) is 107 cm³/mol. The number of unbranched alkanes of at least 4 members (excludes halogenated alkanes) is 3. The molecule has 1 aromatic carbocycles. The van der Waals surface area contributed by atoms with Crippen LogP contribution in [0.25, 0.3) is 0 Å². The molecule has 0 bridgehead atoms. The van der Waals surface area contributed by atoms with Gasteiger partial charge in [0.25, 0.3) is 5.91 Å². The standard InChI is InChI=1S/C21H30N2O2S/c1-2-3-4-8-11-19(24)22-14-12-21(13-15-22)23(16-17-26-21)20(25)18-9-6-5-7-10-18/h5-7,9-10H,2-4,8,11-17H2,1H3. The van der Waals surface area contributed by atoms with Crippen LogP contribution in [0.1, 0.15) is 62.2 Å². The molecule has 1 spiro atoms. The fraction of sp³-hybridized carbons (Fsp3) is 0.619. The van der Waals surface area contributed by atoms with E-state index >= 15 is 0 Å². The Morgan fingerprint density at radius 1 is 1.04 bits per heavy atom. The molecule has 2 aliphatic rings. The van der Waals surface area contributed by atoms with Crippen molar-refractivity contribution in [3.05, 3.63) is 35.9 Å². The molecule has 0 aromatic heterocycles. The summed E-state index contributed by atoms with van der Waals surface area (Å²) in [5.74, 6) is 1.42. The maximum atomic E-state index is 13.0. The van der Waals surface area contributed by atoms with E-state index < -0.39 is 0 Å². The SMILES string of the molecule is CCCCCCC(=O)N1CCC2(CC1)SCCN2C(=O)c1ccccc1. The zero-order valence-corrected chi connectivity index (χ0v) is 16.6. The van der Waals surface area contributed by atoms with Gasteiger partial charge in [-0.1, -0.05) is 44.4 Å². The quantitative estimate of drug-likeness (QED) is 0.702. The first-order chi connectivity index (χ1) is 12.7. The molecule has 0 aliphatic carbocycles. The molecule has 0 radical (unpaired) electrons. The van der Waals surface area contributed by atoms with Gasteiger partial charge in [0.05, 0.1) is 4.87 Å². The van der Waals surface area contributed by atoms with Crippen LogP contribution in [0, 0.1) is 0 Å². The van der Waals surface area contributed by atoms with E-state index in [0.717, 1.165) is 56.6 Å². The third-order valence-corrected chi connectivity index (χ3v) is 7.14. The van der Waals surface area contributed by atoms with Crippen LogP contribution in [0.4, 0.5) is 0 Å². The van der Waals surface area contributed by atoms with Crippen LogP contribution in [0.3, 0.4) is 0 Å². The molecule has 4 nitrogen and oxygen atoms in total. The lowest BCUT2D eigenvalue weighted by molar-refractivity contribution is -0.132. The van der Waals surface area contributed by atoms with Crippen molar-refractivity contribution >= 4 is 23.6 Å². The van der Waals surface area contributed by atoms with E-state index in [9.17, 15) is 9.59 Å². The first kappa shape index (κ1) is 19.3. The molecule has 2 heterocycles. The second-order valence-corrected chi connectivity index (χ2v) is 8.77. The van der Waals surface area contributed by atoms with E-state index in [0.29, 0.717) is 12.3 Å². The Bertz CT molecular complexity index is 612. The number of benzene rings is 1. The molecule has 0 atom stereocenters. The number of hydrogen-bond acceptors (Lipinski definition) is 3. The average Bonchev–Trinajstić information content (AvgIpc) is 3.08. The van der Waals surface area contributed by atoms with E-state index in [1.807, 2.05) is 47.0 Å². The molecule has 5 heteroatoms.